The number of rotatable bonds is 0. The number of fused-ring (bicyclic) bond motifs is 3. The van der Waals surface area contributed by atoms with Crippen LogP contribution in [-0.4, -0.2) is 17.3 Å². The summed E-state index contributed by atoms with van der Waals surface area (Å²) in [6.07, 6.45) is 0. The van der Waals surface area contributed by atoms with Gasteiger partial charge < -0.3 is 10.3 Å². The van der Waals surface area contributed by atoms with E-state index in [0.717, 1.165) is 33.2 Å². The fourth-order valence-corrected chi connectivity index (χ4v) is 2.42. The van der Waals surface area contributed by atoms with E-state index in [4.69, 9.17) is 0 Å². The first-order chi connectivity index (χ1) is 7.25. The van der Waals surface area contributed by atoms with Crippen molar-refractivity contribution in [2.45, 2.75) is 6.54 Å². The van der Waals surface area contributed by atoms with Crippen LogP contribution >= 0.6 is 15.9 Å². The molecule has 0 radical (unpaired) electrons. The number of Topliss-reactive ketones (excluding diaryl/α,β-unsaturated/α-hetero) is 1. The van der Waals surface area contributed by atoms with Gasteiger partial charge in [-0.1, -0.05) is 15.9 Å². The van der Waals surface area contributed by atoms with E-state index >= 15 is 0 Å². The summed E-state index contributed by atoms with van der Waals surface area (Å²) in [5, 5.41) is 4.09. The van der Waals surface area contributed by atoms with Gasteiger partial charge in [-0.3, -0.25) is 4.79 Å². The van der Waals surface area contributed by atoms with Crippen LogP contribution in [0.1, 0.15) is 16.1 Å². The second-order valence-corrected chi connectivity index (χ2v) is 4.61. The van der Waals surface area contributed by atoms with Crippen molar-refractivity contribution in [1.82, 2.24) is 10.3 Å². The number of nitrogens with one attached hydrogen (secondary N) is 2. The van der Waals surface area contributed by atoms with Crippen LogP contribution < -0.4 is 5.32 Å². The van der Waals surface area contributed by atoms with E-state index in [1.807, 2.05) is 18.2 Å². The lowest BCUT2D eigenvalue weighted by Gasteiger charge is -2.11. The van der Waals surface area contributed by atoms with Gasteiger partial charge in [0.15, 0.2) is 5.78 Å². The van der Waals surface area contributed by atoms with Crippen LogP contribution in [0.15, 0.2) is 22.7 Å². The number of hydrogen-bond acceptors (Lipinski definition) is 2. The van der Waals surface area contributed by atoms with Crippen LogP contribution in [0.4, 0.5) is 0 Å². The Balaban J connectivity index is 2.38. The van der Waals surface area contributed by atoms with Gasteiger partial charge in [-0.25, -0.2) is 0 Å². The molecule has 1 aromatic carbocycles. The van der Waals surface area contributed by atoms with E-state index in [1.165, 1.54) is 0 Å². The fraction of sp³-hybridized carbons (Fsp3) is 0.182. The van der Waals surface area contributed by atoms with Gasteiger partial charge in [-0.05, 0) is 18.2 Å². The molecule has 76 valence electrons. The minimum atomic E-state index is 0.167. The average molecular weight is 265 g/mol. The van der Waals surface area contributed by atoms with Gasteiger partial charge in [0, 0.05) is 33.2 Å². The van der Waals surface area contributed by atoms with Crippen LogP contribution in [0.25, 0.3) is 10.9 Å². The Kier molecular flexibility index (Phi) is 1.94. The molecule has 0 saturated heterocycles. The van der Waals surface area contributed by atoms with Gasteiger partial charge in [0.2, 0.25) is 0 Å². The Morgan fingerprint density at radius 2 is 2.13 bits per heavy atom. The van der Waals surface area contributed by atoms with Crippen molar-refractivity contribution in [3.63, 3.8) is 0 Å². The van der Waals surface area contributed by atoms with Gasteiger partial charge in [0.25, 0.3) is 0 Å². The molecular formula is C11H9BrN2O. The van der Waals surface area contributed by atoms with Gasteiger partial charge in [-0.15, -0.1) is 0 Å². The zero-order valence-corrected chi connectivity index (χ0v) is 9.52. The van der Waals surface area contributed by atoms with Crippen LogP contribution in [0.3, 0.4) is 0 Å². The van der Waals surface area contributed by atoms with E-state index in [0.29, 0.717) is 6.54 Å². The number of H-pyrrole nitrogens is 1. The molecule has 3 rings (SSSR count). The smallest absolute Gasteiger partial charge is 0.179 e. The molecule has 0 atom stereocenters. The highest BCUT2D eigenvalue weighted by Crippen LogP contribution is 2.27. The van der Waals surface area contributed by atoms with Gasteiger partial charge in [0.05, 0.1) is 6.54 Å². The number of benzene rings is 1. The largest absolute Gasteiger partial charge is 0.357 e. The second kappa shape index (κ2) is 3.18. The Bertz CT molecular complexity index is 559. The molecule has 1 aliphatic rings. The summed E-state index contributed by atoms with van der Waals surface area (Å²) in [7, 11) is 0. The second-order valence-electron chi connectivity index (χ2n) is 3.70. The van der Waals surface area contributed by atoms with E-state index in [-0.39, 0.29) is 5.78 Å². The summed E-state index contributed by atoms with van der Waals surface area (Å²) in [5.74, 6) is 0.167. The maximum absolute atomic E-state index is 11.8. The lowest BCUT2D eigenvalue weighted by Crippen LogP contribution is -2.29. The molecule has 3 nitrogen and oxygen atoms in total. The number of hydrogen-bond donors (Lipinski definition) is 2. The van der Waals surface area contributed by atoms with Crippen molar-refractivity contribution in [3.8, 4) is 0 Å². The summed E-state index contributed by atoms with van der Waals surface area (Å²) in [5.41, 5.74) is 2.88. The van der Waals surface area contributed by atoms with Crippen LogP contribution in [0.2, 0.25) is 0 Å². The zero-order chi connectivity index (χ0) is 10.4. The van der Waals surface area contributed by atoms with Crippen LogP contribution in [-0.2, 0) is 6.54 Å². The molecule has 0 spiro atoms. The molecule has 0 aliphatic carbocycles. The highest BCUT2D eigenvalue weighted by Gasteiger charge is 2.21. The predicted molar refractivity (Wildman–Crippen MR) is 62.0 cm³/mol. The Morgan fingerprint density at radius 1 is 1.27 bits per heavy atom. The minimum Gasteiger partial charge on any atom is -0.357 e. The summed E-state index contributed by atoms with van der Waals surface area (Å²) in [6, 6.07) is 5.96. The van der Waals surface area contributed by atoms with Crippen LogP contribution in [0, 0.1) is 0 Å². The third-order valence-electron chi connectivity index (χ3n) is 2.70. The van der Waals surface area contributed by atoms with Gasteiger partial charge in [0.1, 0.15) is 0 Å². The van der Waals surface area contributed by atoms with Gasteiger partial charge >= 0.3 is 0 Å². The highest BCUT2D eigenvalue weighted by molar-refractivity contribution is 9.10. The minimum absolute atomic E-state index is 0.167. The van der Waals surface area contributed by atoms with Crippen molar-refractivity contribution in [3.05, 3.63) is 33.9 Å². The van der Waals surface area contributed by atoms with Crippen LogP contribution in [0.5, 0.6) is 0 Å². The fourth-order valence-electron chi connectivity index (χ4n) is 2.06. The summed E-state index contributed by atoms with van der Waals surface area (Å²) < 4.78 is 1.00. The van der Waals surface area contributed by atoms with Crippen molar-refractivity contribution >= 4 is 32.6 Å². The molecule has 1 aliphatic heterocycles. The number of halogens is 1. The van der Waals surface area contributed by atoms with E-state index in [9.17, 15) is 4.79 Å². The Morgan fingerprint density at radius 3 is 3.00 bits per heavy atom. The molecule has 0 unspecified atom stereocenters. The SMILES string of the molecule is O=C1CNCc2[nH]c3ccc(Br)cc3c21. The summed E-state index contributed by atoms with van der Waals surface area (Å²) >= 11 is 3.42. The summed E-state index contributed by atoms with van der Waals surface area (Å²) in [4.78, 5) is 15.0. The first-order valence-electron chi connectivity index (χ1n) is 4.80. The van der Waals surface area contributed by atoms with Crippen molar-refractivity contribution in [2.24, 2.45) is 0 Å². The van der Waals surface area contributed by atoms with E-state index in [1.54, 1.807) is 0 Å². The van der Waals surface area contributed by atoms with E-state index in [2.05, 4.69) is 26.2 Å². The lowest BCUT2D eigenvalue weighted by molar-refractivity contribution is 0.0984. The van der Waals surface area contributed by atoms with Gasteiger partial charge in [-0.2, -0.15) is 0 Å². The molecule has 2 aromatic rings. The number of aromatic nitrogens is 1. The third kappa shape index (κ3) is 1.33. The maximum Gasteiger partial charge on any atom is 0.179 e. The topological polar surface area (TPSA) is 44.9 Å². The first-order valence-corrected chi connectivity index (χ1v) is 5.59. The maximum atomic E-state index is 11.8. The standard InChI is InChI=1S/C11H9BrN2O/c12-6-1-2-8-7(3-6)11-9(14-8)4-13-5-10(11)15/h1-3,13-14H,4-5H2. The lowest BCUT2D eigenvalue weighted by atomic mass is 10.0. The Hall–Kier alpha value is -1.13. The average Bonchev–Trinajstić information content (AvgIpc) is 2.57. The van der Waals surface area contributed by atoms with Crippen molar-refractivity contribution in [1.29, 1.82) is 0 Å². The van der Waals surface area contributed by atoms with Crippen molar-refractivity contribution < 1.29 is 4.79 Å². The molecule has 0 saturated carbocycles. The molecule has 2 N–H and O–H groups in total. The molecule has 4 heteroatoms. The first kappa shape index (κ1) is 9.12. The van der Waals surface area contributed by atoms with E-state index < -0.39 is 0 Å². The normalized spacial score (nSPS) is 15.7. The third-order valence-corrected chi connectivity index (χ3v) is 3.20. The van der Waals surface area contributed by atoms with Crippen molar-refractivity contribution in [2.75, 3.05) is 6.54 Å². The predicted octanol–water partition coefficient (Wildman–Crippen LogP) is 2.22. The molecule has 1 aromatic heterocycles. The summed E-state index contributed by atoms with van der Waals surface area (Å²) in [6.45, 7) is 1.18. The molecule has 15 heavy (non-hydrogen) atoms. The molecular weight excluding hydrogens is 256 g/mol. The number of carbonyl (C=O) groups excluding carboxylic acids is 1. The number of ketones is 1. The Labute approximate surface area is 95.0 Å². The molecule has 0 amide bonds. The monoisotopic (exact) mass is 264 g/mol. The zero-order valence-electron chi connectivity index (χ0n) is 7.93. The quantitative estimate of drug-likeness (QED) is 0.767. The molecule has 0 fully saturated rings. The highest BCUT2D eigenvalue weighted by atomic mass is 79.9. The number of carbonyl (C=O) groups is 1. The molecule has 0 bridgehead atoms. The number of aromatic amines is 1. The molecule has 2 heterocycles.